The molecule has 5 heterocycles. The van der Waals surface area contributed by atoms with E-state index in [2.05, 4.69) is 62.4 Å². The van der Waals surface area contributed by atoms with Gasteiger partial charge in [-0.3, -0.25) is 4.98 Å². The summed E-state index contributed by atoms with van der Waals surface area (Å²) >= 11 is 0. The molecule has 5 rings (SSSR count). The van der Waals surface area contributed by atoms with Gasteiger partial charge >= 0.3 is 0 Å². The lowest BCUT2D eigenvalue weighted by molar-refractivity contribution is 0.600. The Morgan fingerprint density at radius 3 is 2.53 bits per heavy atom. The van der Waals surface area contributed by atoms with Gasteiger partial charge in [-0.05, 0) is 58.4 Å². The second kappa shape index (κ2) is 6.76. The van der Waals surface area contributed by atoms with E-state index in [1.165, 1.54) is 5.56 Å². The highest BCUT2D eigenvalue weighted by molar-refractivity contribution is 5.97. The van der Waals surface area contributed by atoms with Gasteiger partial charge in [-0.2, -0.15) is 0 Å². The average Bonchev–Trinajstić information content (AvgIpc) is 3.27. The quantitative estimate of drug-likeness (QED) is 0.434. The predicted molar refractivity (Wildman–Crippen MR) is 120 cm³/mol. The van der Waals surface area contributed by atoms with Crippen molar-refractivity contribution in [3.63, 3.8) is 0 Å². The molecule has 5 aromatic heterocycles. The molecule has 0 aromatic carbocycles. The fourth-order valence-electron chi connectivity index (χ4n) is 4.40. The Hall–Kier alpha value is -3.54. The van der Waals surface area contributed by atoms with Gasteiger partial charge in [-0.15, -0.1) is 0 Å². The molecule has 6 nitrogen and oxygen atoms in total. The van der Waals surface area contributed by atoms with E-state index >= 15 is 0 Å². The first-order valence-electron chi connectivity index (χ1n) is 10.2. The Balaban J connectivity index is 1.71. The number of aromatic amines is 1. The maximum Gasteiger partial charge on any atom is 0.177 e. The summed E-state index contributed by atoms with van der Waals surface area (Å²) < 4.78 is 2.23. The Morgan fingerprint density at radius 1 is 0.967 bits per heavy atom. The van der Waals surface area contributed by atoms with Crippen LogP contribution in [0.5, 0.6) is 0 Å². The highest BCUT2D eigenvalue weighted by Crippen LogP contribution is 2.34. The van der Waals surface area contributed by atoms with Crippen molar-refractivity contribution >= 4 is 22.2 Å². The topological polar surface area (TPSA) is 72.3 Å². The number of pyridine rings is 3. The van der Waals surface area contributed by atoms with Gasteiger partial charge in [0.05, 0.1) is 5.52 Å². The molecule has 0 saturated heterocycles. The number of nitrogens with zero attached hydrogens (tertiary/aromatic N) is 5. The highest BCUT2D eigenvalue weighted by atomic mass is 15.1. The molecule has 0 aliphatic heterocycles. The molecule has 0 unspecified atom stereocenters. The maximum atomic E-state index is 4.68. The van der Waals surface area contributed by atoms with E-state index in [9.17, 15) is 0 Å². The van der Waals surface area contributed by atoms with Crippen molar-refractivity contribution < 1.29 is 0 Å². The van der Waals surface area contributed by atoms with Crippen LogP contribution in [0.3, 0.4) is 0 Å². The average molecular weight is 396 g/mol. The van der Waals surface area contributed by atoms with Crippen LogP contribution in [0.15, 0.2) is 43.0 Å². The van der Waals surface area contributed by atoms with Gasteiger partial charge in [0.1, 0.15) is 11.5 Å². The first-order valence-corrected chi connectivity index (χ1v) is 10.2. The molecular weight excluding hydrogens is 372 g/mol. The number of H-pyrrole nitrogens is 1. The second-order valence-electron chi connectivity index (χ2n) is 8.10. The smallest absolute Gasteiger partial charge is 0.177 e. The summed E-state index contributed by atoms with van der Waals surface area (Å²) in [6.07, 6.45) is 7.67. The van der Waals surface area contributed by atoms with Crippen LogP contribution in [-0.4, -0.2) is 29.5 Å². The summed E-state index contributed by atoms with van der Waals surface area (Å²) in [4.78, 5) is 21.7. The lowest BCUT2D eigenvalue weighted by atomic mass is 9.99. The van der Waals surface area contributed by atoms with Gasteiger partial charge < -0.3 is 9.55 Å². The standard InChI is InChI=1S/C24H24N6/c1-13(2)30-16(5)29-24-21(30)9-17(10-27-24)20-12-28-23-19(20)8-18(11-26-23)22-14(3)6-7-25-15(22)4/h6-13H,1-5H3,(H,26,28). The number of aromatic nitrogens is 6. The molecule has 6 heteroatoms. The second-order valence-corrected chi connectivity index (χ2v) is 8.10. The van der Waals surface area contributed by atoms with E-state index in [1.807, 2.05) is 44.7 Å². The van der Waals surface area contributed by atoms with Crippen LogP contribution in [0.25, 0.3) is 44.5 Å². The molecule has 0 amide bonds. The molecule has 0 bridgehead atoms. The molecule has 0 aliphatic carbocycles. The Labute approximate surface area is 175 Å². The minimum absolute atomic E-state index is 0.319. The van der Waals surface area contributed by atoms with Gasteiger partial charge in [0.25, 0.3) is 0 Å². The molecule has 1 N–H and O–H groups in total. The molecule has 0 saturated carbocycles. The summed E-state index contributed by atoms with van der Waals surface area (Å²) in [7, 11) is 0. The fourth-order valence-corrected chi connectivity index (χ4v) is 4.40. The van der Waals surface area contributed by atoms with E-state index < -0.39 is 0 Å². The largest absolute Gasteiger partial charge is 0.346 e. The summed E-state index contributed by atoms with van der Waals surface area (Å²) in [5.74, 6) is 0.982. The van der Waals surface area contributed by atoms with Crippen LogP contribution >= 0.6 is 0 Å². The van der Waals surface area contributed by atoms with Crippen LogP contribution < -0.4 is 0 Å². The van der Waals surface area contributed by atoms with Gasteiger partial charge in [0.15, 0.2) is 5.65 Å². The number of hydrogen-bond acceptors (Lipinski definition) is 4. The van der Waals surface area contributed by atoms with Crippen LogP contribution in [0.1, 0.15) is 37.0 Å². The molecule has 0 atom stereocenters. The van der Waals surface area contributed by atoms with E-state index in [4.69, 9.17) is 0 Å². The van der Waals surface area contributed by atoms with Crippen molar-refractivity contribution in [2.75, 3.05) is 0 Å². The molecule has 5 aromatic rings. The SMILES string of the molecule is Cc1ccnc(C)c1-c1cnc2[nH]cc(-c3cnc4nc(C)n(C(C)C)c4c3)c2c1. The van der Waals surface area contributed by atoms with E-state index in [0.29, 0.717) is 6.04 Å². The number of imidazole rings is 1. The van der Waals surface area contributed by atoms with Crippen molar-refractivity contribution in [3.05, 3.63) is 60.1 Å². The van der Waals surface area contributed by atoms with Crippen molar-refractivity contribution in [1.29, 1.82) is 0 Å². The van der Waals surface area contributed by atoms with E-state index in [1.54, 1.807) is 0 Å². The van der Waals surface area contributed by atoms with Gasteiger partial charge in [-0.1, -0.05) is 0 Å². The maximum absolute atomic E-state index is 4.68. The number of rotatable bonds is 3. The number of fused-ring (bicyclic) bond motifs is 2. The lowest BCUT2D eigenvalue weighted by Gasteiger charge is -2.11. The first kappa shape index (κ1) is 18.5. The lowest BCUT2D eigenvalue weighted by Crippen LogP contribution is -2.02. The zero-order chi connectivity index (χ0) is 21.0. The van der Waals surface area contributed by atoms with Crippen LogP contribution in [0.2, 0.25) is 0 Å². The summed E-state index contributed by atoms with van der Waals surface area (Å²) in [5.41, 5.74) is 9.25. The van der Waals surface area contributed by atoms with Crippen LogP contribution in [-0.2, 0) is 0 Å². The molecule has 0 radical (unpaired) electrons. The zero-order valence-corrected chi connectivity index (χ0v) is 17.9. The van der Waals surface area contributed by atoms with E-state index in [-0.39, 0.29) is 0 Å². The van der Waals surface area contributed by atoms with Gasteiger partial charge in [0, 0.05) is 64.2 Å². The third-order valence-corrected chi connectivity index (χ3v) is 5.72. The summed E-state index contributed by atoms with van der Waals surface area (Å²) in [6, 6.07) is 6.73. The Kier molecular flexibility index (Phi) is 4.17. The third kappa shape index (κ3) is 2.79. The molecule has 0 aliphatic rings. The number of aryl methyl sites for hydroxylation is 3. The number of nitrogens with one attached hydrogen (secondary N) is 1. The Bertz CT molecular complexity index is 1390. The fraction of sp³-hybridized carbons (Fsp3) is 0.250. The summed E-state index contributed by atoms with van der Waals surface area (Å²) in [6.45, 7) is 10.5. The zero-order valence-electron chi connectivity index (χ0n) is 17.9. The third-order valence-electron chi connectivity index (χ3n) is 5.72. The van der Waals surface area contributed by atoms with Crippen molar-refractivity contribution in [2.24, 2.45) is 0 Å². The van der Waals surface area contributed by atoms with Crippen LogP contribution in [0, 0.1) is 20.8 Å². The normalized spacial score (nSPS) is 11.8. The minimum Gasteiger partial charge on any atom is -0.346 e. The predicted octanol–water partition coefficient (Wildman–Crippen LogP) is 5.54. The Morgan fingerprint density at radius 2 is 1.77 bits per heavy atom. The van der Waals surface area contributed by atoms with E-state index in [0.717, 1.165) is 56.0 Å². The highest BCUT2D eigenvalue weighted by Gasteiger charge is 2.16. The minimum atomic E-state index is 0.319. The van der Waals surface area contributed by atoms with Crippen LogP contribution in [0.4, 0.5) is 0 Å². The van der Waals surface area contributed by atoms with Gasteiger partial charge in [0.2, 0.25) is 0 Å². The van der Waals surface area contributed by atoms with Gasteiger partial charge in [-0.25, -0.2) is 15.0 Å². The van der Waals surface area contributed by atoms with Crippen molar-refractivity contribution in [3.8, 4) is 22.3 Å². The summed E-state index contributed by atoms with van der Waals surface area (Å²) in [5, 5.41) is 1.07. The molecule has 150 valence electrons. The molecule has 30 heavy (non-hydrogen) atoms. The molecule has 0 fully saturated rings. The first-order chi connectivity index (χ1) is 14.4. The molecule has 0 spiro atoms. The van der Waals surface area contributed by atoms with Crippen molar-refractivity contribution in [1.82, 2.24) is 29.5 Å². The molecular formula is C24H24N6. The van der Waals surface area contributed by atoms with Crippen molar-refractivity contribution in [2.45, 2.75) is 40.7 Å². The monoisotopic (exact) mass is 396 g/mol. The number of hydrogen-bond donors (Lipinski definition) is 1.